The molecule has 0 radical (unpaired) electrons. The Morgan fingerprint density at radius 1 is 1.47 bits per heavy atom. The SMILES string of the molecule is CC1(C)C(=O)NCCN1C1CCC(N)C1. The van der Waals surface area contributed by atoms with Crippen LogP contribution in [0.4, 0.5) is 0 Å². The summed E-state index contributed by atoms with van der Waals surface area (Å²) in [5, 5.41) is 2.93. The lowest BCUT2D eigenvalue weighted by Gasteiger charge is -2.44. The molecule has 0 spiro atoms. The van der Waals surface area contributed by atoms with Gasteiger partial charge in [-0.3, -0.25) is 9.69 Å². The molecule has 4 heteroatoms. The van der Waals surface area contributed by atoms with Crippen LogP contribution in [0.25, 0.3) is 0 Å². The third-order valence-electron chi connectivity index (χ3n) is 3.80. The molecule has 2 fully saturated rings. The number of carbonyl (C=O) groups is 1. The van der Waals surface area contributed by atoms with Crippen molar-refractivity contribution in [2.24, 2.45) is 5.73 Å². The number of rotatable bonds is 1. The first-order valence-corrected chi connectivity index (χ1v) is 5.82. The molecular formula is C11H21N3O. The molecule has 2 aliphatic rings. The number of piperazine rings is 1. The standard InChI is InChI=1S/C11H21N3O/c1-11(2)10(15)13-5-6-14(11)9-4-3-8(12)7-9/h8-9H,3-7,12H2,1-2H3,(H,13,15). The van der Waals surface area contributed by atoms with E-state index in [0.29, 0.717) is 12.1 Å². The van der Waals surface area contributed by atoms with Gasteiger partial charge in [0.2, 0.25) is 5.91 Å². The average molecular weight is 211 g/mol. The second kappa shape index (κ2) is 3.76. The van der Waals surface area contributed by atoms with Gasteiger partial charge in [0.15, 0.2) is 0 Å². The van der Waals surface area contributed by atoms with Crippen molar-refractivity contribution in [2.45, 2.75) is 50.7 Å². The van der Waals surface area contributed by atoms with E-state index >= 15 is 0 Å². The smallest absolute Gasteiger partial charge is 0.240 e. The average Bonchev–Trinajstić information content (AvgIpc) is 2.56. The van der Waals surface area contributed by atoms with Crippen LogP contribution >= 0.6 is 0 Å². The summed E-state index contributed by atoms with van der Waals surface area (Å²) in [4.78, 5) is 14.1. The maximum Gasteiger partial charge on any atom is 0.240 e. The van der Waals surface area contributed by atoms with Gasteiger partial charge in [0.25, 0.3) is 0 Å². The number of amides is 1. The maximum atomic E-state index is 11.8. The highest BCUT2D eigenvalue weighted by Crippen LogP contribution is 2.29. The molecule has 3 N–H and O–H groups in total. The minimum atomic E-state index is -0.368. The molecule has 2 rings (SSSR count). The van der Waals surface area contributed by atoms with Gasteiger partial charge >= 0.3 is 0 Å². The van der Waals surface area contributed by atoms with Crippen LogP contribution in [0, 0.1) is 0 Å². The van der Waals surface area contributed by atoms with Gasteiger partial charge < -0.3 is 11.1 Å². The van der Waals surface area contributed by atoms with Gasteiger partial charge in [0.05, 0.1) is 5.54 Å². The highest BCUT2D eigenvalue weighted by Gasteiger charge is 2.42. The first-order valence-electron chi connectivity index (χ1n) is 5.82. The Morgan fingerprint density at radius 2 is 2.20 bits per heavy atom. The molecule has 0 aromatic rings. The van der Waals surface area contributed by atoms with Gasteiger partial charge in [0, 0.05) is 25.2 Å². The molecule has 1 saturated carbocycles. The van der Waals surface area contributed by atoms with Gasteiger partial charge in [-0.2, -0.15) is 0 Å². The number of hydrogen-bond acceptors (Lipinski definition) is 3. The van der Waals surface area contributed by atoms with Gasteiger partial charge in [-0.05, 0) is 33.1 Å². The first-order chi connectivity index (χ1) is 7.01. The molecule has 2 unspecified atom stereocenters. The van der Waals surface area contributed by atoms with E-state index in [9.17, 15) is 4.79 Å². The summed E-state index contributed by atoms with van der Waals surface area (Å²) < 4.78 is 0. The molecule has 1 amide bonds. The second-order valence-electron chi connectivity index (χ2n) is 5.24. The van der Waals surface area contributed by atoms with E-state index in [-0.39, 0.29) is 11.4 Å². The van der Waals surface area contributed by atoms with Crippen molar-refractivity contribution in [2.75, 3.05) is 13.1 Å². The topological polar surface area (TPSA) is 58.4 Å². The van der Waals surface area contributed by atoms with Crippen LogP contribution in [0.3, 0.4) is 0 Å². The van der Waals surface area contributed by atoms with Crippen molar-refractivity contribution >= 4 is 5.91 Å². The van der Waals surface area contributed by atoms with Gasteiger partial charge in [-0.1, -0.05) is 0 Å². The minimum Gasteiger partial charge on any atom is -0.353 e. The lowest BCUT2D eigenvalue weighted by molar-refractivity contribution is -0.137. The molecule has 1 saturated heterocycles. The lowest BCUT2D eigenvalue weighted by Crippen LogP contribution is -2.64. The van der Waals surface area contributed by atoms with E-state index in [0.717, 1.165) is 32.4 Å². The molecule has 1 aliphatic carbocycles. The Kier molecular flexibility index (Phi) is 2.73. The molecule has 1 aliphatic heterocycles. The van der Waals surface area contributed by atoms with E-state index in [1.807, 2.05) is 13.8 Å². The summed E-state index contributed by atoms with van der Waals surface area (Å²) in [5.41, 5.74) is 5.56. The number of nitrogens with two attached hydrogens (primary N) is 1. The summed E-state index contributed by atoms with van der Waals surface area (Å²) in [6.07, 6.45) is 3.27. The fraction of sp³-hybridized carbons (Fsp3) is 0.909. The zero-order chi connectivity index (χ0) is 11.1. The van der Waals surface area contributed by atoms with Gasteiger partial charge in [-0.25, -0.2) is 0 Å². The summed E-state index contributed by atoms with van der Waals surface area (Å²) in [7, 11) is 0. The fourth-order valence-electron chi connectivity index (χ4n) is 2.83. The van der Waals surface area contributed by atoms with Crippen molar-refractivity contribution in [1.29, 1.82) is 0 Å². The Morgan fingerprint density at radius 3 is 2.80 bits per heavy atom. The van der Waals surface area contributed by atoms with Crippen LogP contribution in [-0.4, -0.2) is 41.5 Å². The third-order valence-corrected chi connectivity index (χ3v) is 3.80. The summed E-state index contributed by atoms with van der Waals surface area (Å²) in [6, 6.07) is 0.830. The van der Waals surface area contributed by atoms with Crippen LogP contribution < -0.4 is 11.1 Å². The number of carbonyl (C=O) groups excluding carboxylic acids is 1. The van der Waals surface area contributed by atoms with Crippen LogP contribution in [0.15, 0.2) is 0 Å². The van der Waals surface area contributed by atoms with E-state index in [1.165, 1.54) is 0 Å². The lowest BCUT2D eigenvalue weighted by atomic mass is 9.95. The van der Waals surface area contributed by atoms with Crippen LogP contribution in [0.2, 0.25) is 0 Å². The Balaban J connectivity index is 2.10. The summed E-state index contributed by atoms with van der Waals surface area (Å²) >= 11 is 0. The molecular weight excluding hydrogens is 190 g/mol. The van der Waals surface area contributed by atoms with Crippen molar-refractivity contribution < 1.29 is 4.79 Å². The zero-order valence-electron chi connectivity index (χ0n) is 9.62. The van der Waals surface area contributed by atoms with Crippen LogP contribution in [0.5, 0.6) is 0 Å². The monoisotopic (exact) mass is 211 g/mol. The van der Waals surface area contributed by atoms with E-state index < -0.39 is 0 Å². The van der Waals surface area contributed by atoms with Crippen molar-refractivity contribution in [1.82, 2.24) is 10.2 Å². The van der Waals surface area contributed by atoms with Crippen molar-refractivity contribution in [3.63, 3.8) is 0 Å². The normalized spacial score (nSPS) is 36.6. The summed E-state index contributed by atoms with van der Waals surface area (Å²) in [5.74, 6) is 0.147. The van der Waals surface area contributed by atoms with Gasteiger partial charge in [-0.15, -0.1) is 0 Å². The third kappa shape index (κ3) is 1.88. The molecule has 0 aromatic heterocycles. The van der Waals surface area contributed by atoms with E-state index in [1.54, 1.807) is 0 Å². The fourth-order valence-corrected chi connectivity index (χ4v) is 2.83. The first kappa shape index (κ1) is 10.9. The van der Waals surface area contributed by atoms with Crippen LogP contribution in [0.1, 0.15) is 33.1 Å². The van der Waals surface area contributed by atoms with Crippen molar-refractivity contribution in [3.05, 3.63) is 0 Å². The molecule has 15 heavy (non-hydrogen) atoms. The van der Waals surface area contributed by atoms with E-state index in [4.69, 9.17) is 5.73 Å². The highest BCUT2D eigenvalue weighted by atomic mass is 16.2. The predicted octanol–water partition coefficient (Wildman–Crippen LogP) is 0.0766. The second-order valence-corrected chi connectivity index (χ2v) is 5.24. The Bertz CT molecular complexity index is 265. The molecule has 4 nitrogen and oxygen atoms in total. The van der Waals surface area contributed by atoms with Crippen molar-refractivity contribution in [3.8, 4) is 0 Å². The molecule has 86 valence electrons. The molecule has 2 atom stereocenters. The highest BCUT2D eigenvalue weighted by molar-refractivity contribution is 5.86. The quantitative estimate of drug-likeness (QED) is 0.645. The molecule has 0 aromatic carbocycles. The zero-order valence-corrected chi connectivity index (χ0v) is 9.62. The largest absolute Gasteiger partial charge is 0.353 e. The molecule has 1 heterocycles. The Labute approximate surface area is 91.2 Å². The molecule has 0 bridgehead atoms. The number of hydrogen-bond donors (Lipinski definition) is 2. The Hall–Kier alpha value is -0.610. The maximum absolute atomic E-state index is 11.8. The number of nitrogens with zero attached hydrogens (tertiary/aromatic N) is 1. The van der Waals surface area contributed by atoms with E-state index in [2.05, 4.69) is 10.2 Å². The predicted molar refractivity (Wildman–Crippen MR) is 59.4 cm³/mol. The number of nitrogens with one attached hydrogen (secondary N) is 1. The van der Waals surface area contributed by atoms with Gasteiger partial charge in [0.1, 0.15) is 0 Å². The van der Waals surface area contributed by atoms with Crippen LogP contribution in [-0.2, 0) is 4.79 Å². The summed E-state index contributed by atoms with van der Waals surface area (Å²) in [6.45, 7) is 5.74. The minimum absolute atomic E-state index is 0.147.